The predicted octanol–water partition coefficient (Wildman–Crippen LogP) is 2.22. The van der Waals surface area contributed by atoms with E-state index >= 15 is 0 Å². The summed E-state index contributed by atoms with van der Waals surface area (Å²) >= 11 is 1.61. The van der Waals surface area contributed by atoms with Gasteiger partial charge < -0.3 is 10.1 Å². The van der Waals surface area contributed by atoms with Crippen molar-refractivity contribution in [3.63, 3.8) is 0 Å². The molecular weight excluding hydrogens is 298 g/mol. The lowest BCUT2D eigenvalue weighted by molar-refractivity contribution is 0.0368. The molecule has 122 valence electrons. The fourth-order valence-corrected chi connectivity index (χ4v) is 3.44. The molecule has 6 nitrogen and oxygen atoms in total. The van der Waals surface area contributed by atoms with Crippen molar-refractivity contribution < 1.29 is 4.74 Å². The molecule has 0 bridgehead atoms. The van der Waals surface area contributed by atoms with Crippen molar-refractivity contribution in [1.82, 2.24) is 19.5 Å². The fourth-order valence-electron chi connectivity index (χ4n) is 2.55. The van der Waals surface area contributed by atoms with Crippen LogP contribution >= 0.6 is 11.3 Å². The number of imidazole rings is 1. The van der Waals surface area contributed by atoms with Gasteiger partial charge in [-0.05, 0) is 6.92 Å². The predicted molar refractivity (Wildman–Crippen MR) is 89.9 cm³/mol. The molecule has 0 radical (unpaired) electrons. The first-order valence-corrected chi connectivity index (χ1v) is 8.67. The van der Waals surface area contributed by atoms with E-state index < -0.39 is 0 Å². The Hall–Kier alpha value is -1.18. The van der Waals surface area contributed by atoms with Gasteiger partial charge in [0.15, 0.2) is 0 Å². The van der Waals surface area contributed by atoms with Gasteiger partial charge in [-0.15, -0.1) is 5.10 Å². The summed E-state index contributed by atoms with van der Waals surface area (Å²) in [6.07, 6.45) is 2.03. The van der Waals surface area contributed by atoms with Crippen LogP contribution in [-0.4, -0.2) is 58.4 Å². The fraction of sp³-hybridized carbons (Fsp3) is 0.733. The number of hydrogen-bond donors (Lipinski definition) is 1. The van der Waals surface area contributed by atoms with Crippen LogP contribution in [0.15, 0.2) is 6.20 Å². The van der Waals surface area contributed by atoms with Gasteiger partial charge in [0.05, 0.1) is 25.1 Å². The minimum Gasteiger partial charge on any atom is -0.379 e. The van der Waals surface area contributed by atoms with Gasteiger partial charge in [-0.25, -0.2) is 9.50 Å². The number of aromatic nitrogens is 3. The quantitative estimate of drug-likeness (QED) is 0.935. The molecule has 2 aromatic heterocycles. The van der Waals surface area contributed by atoms with Crippen LogP contribution in [0.5, 0.6) is 0 Å². The van der Waals surface area contributed by atoms with Crippen molar-refractivity contribution >= 4 is 21.4 Å². The molecule has 1 fully saturated rings. The van der Waals surface area contributed by atoms with Crippen molar-refractivity contribution in [2.75, 3.05) is 38.2 Å². The number of nitrogens with one attached hydrogen (secondary N) is 1. The molecule has 1 aliphatic heterocycles. The molecule has 1 saturated heterocycles. The van der Waals surface area contributed by atoms with Crippen molar-refractivity contribution in [3.05, 3.63) is 11.9 Å². The van der Waals surface area contributed by atoms with Crippen molar-refractivity contribution in [3.8, 4) is 0 Å². The zero-order valence-electron chi connectivity index (χ0n) is 13.8. The van der Waals surface area contributed by atoms with Gasteiger partial charge in [0.25, 0.3) is 0 Å². The van der Waals surface area contributed by atoms with Crippen LogP contribution in [0.25, 0.3) is 4.96 Å². The van der Waals surface area contributed by atoms with Crippen LogP contribution in [-0.2, 0) is 10.2 Å². The smallest absolute Gasteiger partial charge is 0.214 e. The first kappa shape index (κ1) is 15.7. The summed E-state index contributed by atoms with van der Waals surface area (Å²) in [6.45, 7) is 13.4. The first-order valence-electron chi connectivity index (χ1n) is 7.85. The molecule has 0 saturated carbocycles. The average Bonchev–Trinajstić information content (AvgIpc) is 2.97. The Morgan fingerprint density at radius 1 is 1.36 bits per heavy atom. The number of anilines is 1. The van der Waals surface area contributed by atoms with Crippen molar-refractivity contribution in [2.24, 2.45) is 0 Å². The third-order valence-corrected chi connectivity index (χ3v) is 4.67. The molecule has 0 amide bonds. The Kier molecular flexibility index (Phi) is 4.38. The highest BCUT2D eigenvalue weighted by atomic mass is 32.1. The minimum absolute atomic E-state index is 0.0602. The minimum atomic E-state index is 0.0602. The number of morpholine rings is 1. The topological polar surface area (TPSA) is 54.7 Å². The van der Waals surface area contributed by atoms with E-state index in [4.69, 9.17) is 4.74 Å². The van der Waals surface area contributed by atoms with Crippen LogP contribution < -0.4 is 5.32 Å². The number of rotatable bonds is 4. The van der Waals surface area contributed by atoms with Gasteiger partial charge in [-0.1, -0.05) is 32.1 Å². The maximum atomic E-state index is 5.38. The largest absolute Gasteiger partial charge is 0.379 e. The molecule has 1 atom stereocenters. The SMILES string of the molecule is C[C@H](CN1CCOCC1)Nc1nn2cc(C(C)(C)C)nc2s1. The van der Waals surface area contributed by atoms with Crippen LogP contribution in [0.4, 0.5) is 5.13 Å². The number of hydrogen-bond acceptors (Lipinski definition) is 6. The zero-order chi connectivity index (χ0) is 15.7. The summed E-state index contributed by atoms with van der Waals surface area (Å²) in [5.41, 5.74) is 1.14. The molecule has 2 aromatic rings. The summed E-state index contributed by atoms with van der Waals surface area (Å²) in [7, 11) is 0. The zero-order valence-corrected chi connectivity index (χ0v) is 14.6. The summed E-state index contributed by atoms with van der Waals surface area (Å²) in [5.74, 6) is 0. The Bertz CT molecular complexity index is 592. The molecule has 0 unspecified atom stereocenters. The van der Waals surface area contributed by atoms with E-state index in [1.165, 1.54) is 0 Å². The van der Waals surface area contributed by atoms with Gasteiger partial charge in [0, 0.05) is 31.1 Å². The van der Waals surface area contributed by atoms with Gasteiger partial charge in [-0.2, -0.15) is 0 Å². The Balaban J connectivity index is 1.62. The average molecular weight is 323 g/mol. The van der Waals surface area contributed by atoms with Gasteiger partial charge in [0.2, 0.25) is 10.1 Å². The monoisotopic (exact) mass is 323 g/mol. The van der Waals surface area contributed by atoms with E-state index in [1.807, 2.05) is 10.7 Å². The van der Waals surface area contributed by atoms with E-state index in [0.717, 1.165) is 48.6 Å². The van der Waals surface area contributed by atoms with Crippen LogP contribution in [0.2, 0.25) is 0 Å². The van der Waals surface area contributed by atoms with Crippen molar-refractivity contribution in [1.29, 1.82) is 0 Å². The maximum absolute atomic E-state index is 5.38. The molecule has 1 aliphatic rings. The molecule has 3 heterocycles. The lowest BCUT2D eigenvalue weighted by atomic mass is 9.93. The van der Waals surface area contributed by atoms with Gasteiger partial charge >= 0.3 is 0 Å². The molecule has 7 heteroatoms. The summed E-state index contributed by atoms with van der Waals surface area (Å²) in [5, 5.41) is 9.02. The Morgan fingerprint density at radius 3 is 2.73 bits per heavy atom. The molecule has 3 rings (SSSR count). The third-order valence-electron chi connectivity index (χ3n) is 3.82. The normalized spacial score (nSPS) is 18.7. The lowest BCUT2D eigenvalue weighted by Gasteiger charge is -2.29. The van der Waals surface area contributed by atoms with Crippen LogP contribution in [0.1, 0.15) is 33.4 Å². The maximum Gasteiger partial charge on any atom is 0.214 e. The van der Waals surface area contributed by atoms with E-state index in [0.29, 0.717) is 6.04 Å². The lowest BCUT2D eigenvalue weighted by Crippen LogP contribution is -2.42. The molecular formula is C15H25N5OS. The van der Waals surface area contributed by atoms with E-state index in [9.17, 15) is 0 Å². The Morgan fingerprint density at radius 2 is 2.09 bits per heavy atom. The highest BCUT2D eigenvalue weighted by Crippen LogP contribution is 2.25. The number of nitrogens with zero attached hydrogens (tertiary/aromatic N) is 4. The third kappa shape index (κ3) is 3.59. The van der Waals surface area contributed by atoms with Crippen molar-refractivity contribution in [2.45, 2.75) is 39.2 Å². The van der Waals surface area contributed by atoms with E-state index in [-0.39, 0.29) is 5.41 Å². The summed E-state index contributed by atoms with van der Waals surface area (Å²) < 4.78 is 7.27. The highest BCUT2D eigenvalue weighted by Gasteiger charge is 2.20. The van der Waals surface area contributed by atoms with E-state index in [1.54, 1.807) is 11.3 Å². The van der Waals surface area contributed by atoms with Crippen LogP contribution in [0.3, 0.4) is 0 Å². The number of fused-ring (bicyclic) bond motifs is 1. The molecule has 0 aliphatic carbocycles. The number of ether oxygens (including phenoxy) is 1. The van der Waals surface area contributed by atoms with Gasteiger partial charge in [0.1, 0.15) is 0 Å². The molecule has 0 spiro atoms. The second kappa shape index (κ2) is 6.14. The second-order valence-corrected chi connectivity index (χ2v) is 7.92. The van der Waals surface area contributed by atoms with Crippen LogP contribution in [0, 0.1) is 0 Å². The first-order chi connectivity index (χ1) is 10.4. The van der Waals surface area contributed by atoms with Gasteiger partial charge in [-0.3, -0.25) is 4.90 Å². The molecule has 0 aromatic carbocycles. The van der Waals surface area contributed by atoms with E-state index in [2.05, 4.69) is 48.0 Å². The molecule has 1 N–H and O–H groups in total. The molecule has 22 heavy (non-hydrogen) atoms. The second-order valence-electron chi connectivity index (χ2n) is 6.97. The standard InChI is InChI=1S/C15H25N5OS/c1-11(9-19-5-7-21-8-6-19)16-13-18-20-10-12(15(2,3)4)17-14(20)22-13/h10-11H,5-9H2,1-4H3,(H,16,18)/t11-/m1/s1. The Labute approximate surface area is 135 Å². The summed E-state index contributed by atoms with van der Waals surface area (Å²) in [6, 6.07) is 0.357. The summed E-state index contributed by atoms with van der Waals surface area (Å²) in [4.78, 5) is 8.06. The highest BCUT2D eigenvalue weighted by molar-refractivity contribution is 7.20.